The fraction of sp³-hybridized carbons (Fsp3) is 0.0667. The molecule has 0 aliphatic carbocycles. The van der Waals surface area contributed by atoms with Crippen molar-refractivity contribution in [3.8, 4) is 0 Å². The molecule has 0 aliphatic rings. The second-order valence-electron chi connectivity index (χ2n) is 4.27. The van der Waals surface area contributed by atoms with Crippen LogP contribution >= 0.6 is 11.3 Å². The summed E-state index contributed by atoms with van der Waals surface area (Å²) >= 11 is 1.27. The molecule has 0 saturated heterocycles. The lowest BCUT2D eigenvalue weighted by Gasteiger charge is -1.99. The highest BCUT2D eigenvalue weighted by Gasteiger charge is 2.12. The van der Waals surface area contributed by atoms with Crippen molar-refractivity contribution in [2.45, 2.75) is 6.42 Å². The third kappa shape index (κ3) is 3.76. The summed E-state index contributed by atoms with van der Waals surface area (Å²) in [6, 6.07) is 7.91. The Labute approximate surface area is 123 Å². The number of halogens is 1. The van der Waals surface area contributed by atoms with Crippen molar-refractivity contribution in [2.24, 2.45) is 0 Å². The molecule has 21 heavy (non-hydrogen) atoms. The van der Waals surface area contributed by atoms with Gasteiger partial charge in [-0.3, -0.25) is 4.79 Å². The van der Waals surface area contributed by atoms with E-state index >= 15 is 0 Å². The standard InChI is InChI=1S/C15H11FO4S/c16-12-4-2-1-3-9(12)5-11-6-10(8-21-11)13(17)7-14(18)15(19)20/h1-4,6-8,18H,5H2,(H,19,20). The number of ketones is 1. The molecule has 0 amide bonds. The van der Waals surface area contributed by atoms with Crippen molar-refractivity contribution in [1.82, 2.24) is 0 Å². The van der Waals surface area contributed by atoms with Gasteiger partial charge in [0, 0.05) is 28.3 Å². The first-order chi connectivity index (χ1) is 9.97. The molecule has 1 heterocycles. The van der Waals surface area contributed by atoms with Crippen molar-refractivity contribution < 1.29 is 24.2 Å². The molecule has 108 valence electrons. The van der Waals surface area contributed by atoms with E-state index < -0.39 is 17.5 Å². The molecule has 2 N–H and O–H groups in total. The highest BCUT2D eigenvalue weighted by atomic mass is 32.1. The summed E-state index contributed by atoms with van der Waals surface area (Å²) in [6.07, 6.45) is 0.997. The highest BCUT2D eigenvalue weighted by molar-refractivity contribution is 7.10. The van der Waals surface area contributed by atoms with Gasteiger partial charge < -0.3 is 10.2 Å². The second-order valence-corrected chi connectivity index (χ2v) is 5.26. The van der Waals surface area contributed by atoms with Crippen LogP contribution in [-0.2, 0) is 11.2 Å². The van der Waals surface area contributed by atoms with Crippen LogP contribution in [0.3, 0.4) is 0 Å². The Bertz CT molecular complexity index is 718. The van der Waals surface area contributed by atoms with E-state index in [9.17, 15) is 14.0 Å². The van der Waals surface area contributed by atoms with Crippen LogP contribution in [0, 0.1) is 5.82 Å². The zero-order valence-corrected chi connectivity index (χ0v) is 11.6. The molecular weight excluding hydrogens is 295 g/mol. The van der Waals surface area contributed by atoms with Crippen molar-refractivity contribution in [2.75, 3.05) is 0 Å². The summed E-state index contributed by atoms with van der Waals surface area (Å²) in [7, 11) is 0. The topological polar surface area (TPSA) is 74.6 Å². The van der Waals surface area contributed by atoms with Gasteiger partial charge in [0.25, 0.3) is 0 Å². The SMILES string of the molecule is O=C(O)C(O)=CC(=O)c1csc(Cc2ccccc2F)c1. The molecule has 1 aromatic heterocycles. The van der Waals surface area contributed by atoms with Crippen LogP contribution in [0.15, 0.2) is 47.5 Å². The Morgan fingerprint density at radius 1 is 1.24 bits per heavy atom. The van der Waals surface area contributed by atoms with Crippen molar-refractivity contribution in [3.05, 3.63) is 69.4 Å². The molecule has 0 radical (unpaired) electrons. The third-order valence-electron chi connectivity index (χ3n) is 2.75. The first-order valence-electron chi connectivity index (χ1n) is 5.96. The lowest BCUT2D eigenvalue weighted by molar-refractivity contribution is -0.135. The lowest BCUT2D eigenvalue weighted by atomic mass is 10.1. The van der Waals surface area contributed by atoms with Gasteiger partial charge >= 0.3 is 5.97 Å². The molecule has 1 aromatic carbocycles. The number of carboxylic acid groups (broad SMARTS) is 1. The molecule has 0 unspecified atom stereocenters. The molecule has 0 fully saturated rings. The van der Waals surface area contributed by atoms with E-state index in [1.54, 1.807) is 29.6 Å². The van der Waals surface area contributed by atoms with E-state index in [2.05, 4.69) is 0 Å². The van der Waals surface area contributed by atoms with Gasteiger partial charge in [0.2, 0.25) is 5.76 Å². The zero-order valence-electron chi connectivity index (χ0n) is 10.7. The van der Waals surface area contributed by atoms with Gasteiger partial charge in [-0.25, -0.2) is 9.18 Å². The number of thiophene rings is 1. The Morgan fingerprint density at radius 2 is 1.95 bits per heavy atom. The minimum Gasteiger partial charge on any atom is -0.502 e. The number of carbonyl (C=O) groups is 2. The zero-order chi connectivity index (χ0) is 15.4. The molecule has 6 heteroatoms. The quantitative estimate of drug-likeness (QED) is 0.505. The average Bonchev–Trinajstić information content (AvgIpc) is 2.90. The molecule has 0 saturated carbocycles. The van der Waals surface area contributed by atoms with Crippen LogP contribution in [0.25, 0.3) is 0 Å². The maximum Gasteiger partial charge on any atom is 0.371 e. The average molecular weight is 306 g/mol. The van der Waals surface area contributed by atoms with E-state index in [0.29, 0.717) is 18.1 Å². The number of carbonyl (C=O) groups excluding carboxylic acids is 1. The Morgan fingerprint density at radius 3 is 2.62 bits per heavy atom. The smallest absolute Gasteiger partial charge is 0.371 e. The van der Waals surface area contributed by atoms with Gasteiger partial charge in [-0.15, -0.1) is 11.3 Å². The van der Waals surface area contributed by atoms with E-state index in [0.717, 1.165) is 4.88 Å². The predicted molar refractivity (Wildman–Crippen MR) is 76.2 cm³/mol. The van der Waals surface area contributed by atoms with Crippen LogP contribution in [0.1, 0.15) is 20.8 Å². The van der Waals surface area contributed by atoms with E-state index in [4.69, 9.17) is 10.2 Å². The molecule has 2 rings (SSSR count). The molecule has 4 nitrogen and oxygen atoms in total. The molecule has 0 aliphatic heterocycles. The highest BCUT2D eigenvalue weighted by Crippen LogP contribution is 2.21. The summed E-state index contributed by atoms with van der Waals surface area (Å²) in [5.74, 6) is -3.50. The second kappa shape index (κ2) is 6.32. The monoisotopic (exact) mass is 306 g/mol. The number of carboxylic acids is 1. The maximum absolute atomic E-state index is 13.5. The van der Waals surface area contributed by atoms with Crippen LogP contribution in [0.5, 0.6) is 0 Å². The van der Waals surface area contributed by atoms with Crippen LogP contribution in [0.4, 0.5) is 4.39 Å². The molecule has 0 bridgehead atoms. The minimum atomic E-state index is -1.56. The summed E-state index contributed by atoms with van der Waals surface area (Å²) < 4.78 is 13.5. The summed E-state index contributed by atoms with van der Waals surface area (Å²) in [4.78, 5) is 22.9. The molecular formula is C15H11FO4S. The number of rotatable bonds is 5. The number of allylic oxidation sites excluding steroid dienone is 1. The van der Waals surface area contributed by atoms with Crippen LogP contribution in [-0.4, -0.2) is 22.0 Å². The Hall–Kier alpha value is -2.47. The third-order valence-corrected chi connectivity index (χ3v) is 3.68. The van der Waals surface area contributed by atoms with Crippen LogP contribution in [0.2, 0.25) is 0 Å². The van der Waals surface area contributed by atoms with Crippen molar-refractivity contribution >= 4 is 23.1 Å². The summed E-state index contributed by atoms with van der Waals surface area (Å²) in [6.45, 7) is 0. The largest absolute Gasteiger partial charge is 0.502 e. The van der Waals surface area contributed by atoms with E-state index in [1.807, 2.05) is 0 Å². The number of hydrogen-bond donors (Lipinski definition) is 2. The predicted octanol–water partition coefficient (Wildman–Crippen LogP) is 3.19. The molecule has 0 atom stereocenters. The number of hydrogen-bond acceptors (Lipinski definition) is 4. The lowest BCUT2D eigenvalue weighted by Crippen LogP contribution is -2.03. The van der Waals surface area contributed by atoms with Gasteiger partial charge in [-0.05, 0) is 17.7 Å². The first kappa shape index (κ1) is 14.9. The number of aliphatic hydroxyl groups is 1. The number of benzene rings is 1. The fourth-order valence-electron chi connectivity index (χ4n) is 1.70. The van der Waals surface area contributed by atoms with Crippen molar-refractivity contribution in [3.63, 3.8) is 0 Å². The Kier molecular flexibility index (Phi) is 4.49. The summed E-state index contributed by atoms with van der Waals surface area (Å²) in [5, 5.41) is 19.1. The van der Waals surface area contributed by atoms with Gasteiger partial charge in [0.15, 0.2) is 5.78 Å². The van der Waals surface area contributed by atoms with Gasteiger partial charge in [0.1, 0.15) is 5.82 Å². The number of aliphatic carboxylic acids is 1. The molecule has 0 spiro atoms. The number of aliphatic hydroxyl groups excluding tert-OH is 1. The van der Waals surface area contributed by atoms with Crippen LogP contribution < -0.4 is 0 Å². The van der Waals surface area contributed by atoms with Gasteiger partial charge in [-0.1, -0.05) is 18.2 Å². The van der Waals surface area contributed by atoms with Crippen molar-refractivity contribution in [1.29, 1.82) is 0 Å². The minimum absolute atomic E-state index is 0.263. The fourth-order valence-corrected chi connectivity index (χ4v) is 2.60. The van der Waals surface area contributed by atoms with Gasteiger partial charge in [-0.2, -0.15) is 0 Å². The van der Waals surface area contributed by atoms with Gasteiger partial charge in [0.05, 0.1) is 0 Å². The van der Waals surface area contributed by atoms with E-state index in [-0.39, 0.29) is 11.4 Å². The normalized spacial score (nSPS) is 11.4. The summed E-state index contributed by atoms with van der Waals surface area (Å²) in [5.41, 5.74) is 0.779. The molecule has 2 aromatic rings. The van der Waals surface area contributed by atoms with E-state index in [1.165, 1.54) is 17.4 Å². The Balaban J connectivity index is 2.15. The first-order valence-corrected chi connectivity index (χ1v) is 6.84. The maximum atomic E-state index is 13.5.